The highest BCUT2D eigenvalue weighted by Gasteiger charge is 2.22. The van der Waals surface area contributed by atoms with Gasteiger partial charge in [0.1, 0.15) is 5.75 Å². The van der Waals surface area contributed by atoms with Crippen molar-refractivity contribution < 1.29 is 24.2 Å². The van der Waals surface area contributed by atoms with E-state index in [1.807, 2.05) is 42.5 Å². The predicted molar refractivity (Wildman–Crippen MR) is 107 cm³/mol. The second kappa shape index (κ2) is 8.39. The Morgan fingerprint density at radius 3 is 2.11 bits per heavy atom. The molecule has 28 heavy (non-hydrogen) atoms. The fourth-order valence-corrected chi connectivity index (χ4v) is 3.15. The van der Waals surface area contributed by atoms with E-state index in [2.05, 4.69) is 0 Å². The fourth-order valence-electron chi connectivity index (χ4n) is 3.15. The summed E-state index contributed by atoms with van der Waals surface area (Å²) in [7, 11) is 2.82. The van der Waals surface area contributed by atoms with E-state index >= 15 is 0 Å². The number of carbonyl (C=O) groups is 2. The van der Waals surface area contributed by atoms with Gasteiger partial charge in [0.2, 0.25) is 0 Å². The minimum Gasteiger partial charge on any atom is -0.497 e. The molecular formula is C23H20O5. The van der Waals surface area contributed by atoms with Crippen molar-refractivity contribution in [1.82, 2.24) is 0 Å². The highest BCUT2D eigenvalue weighted by Crippen LogP contribution is 2.32. The van der Waals surface area contributed by atoms with Crippen molar-refractivity contribution in [3.8, 4) is 5.75 Å². The van der Waals surface area contributed by atoms with Crippen molar-refractivity contribution in [2.45, 2.75) is 6.42 Å². The van der Waals surface area contributed by atoms with Gasteiger partial charge in [0, 0.05) is 0 Å². The molecule has 0 saturated heterocycles. The van der Waals surface area contributed by atoms with Gasteiger partial charge in [-0.1, -0.05) is 48.5 Å². The first-order chi connectivity index (χ1) is 13.5. The molecule has 0 aliphatic heterocycles. The molecule has 0 unspecified atom stereocenters. The number of carbonyl (C=O) groups excluding carboxylic acids is 1. The molecule has 0 aliphatic carbocycles. The molecule has 0 saturated carbocycles. The Balaban J connectivity index is 2.28. The summed E-state index contributed by atoms with van der Waals surface area (Å²) >= 11 is 0. The van der Waals surface area contributed by atoms with Crippen molar-refractivity contribution in [2.75, 3.05) is 14.2 Å². The summed E-state index contributed by atoms with van der Waals surface area (Å²) in [5.74, 6) is -1.10. The maximum absolute atomic E-state index is 12.5. The number of benzene rings is 3. The molecule has 5 nitrogen and oxygen atoms in total. The van der Waals surface area contributed by atoms with E-state index in [1.54, 1.807) is 31.4 Å². The van der Waals surface area contributed by atoms with E-state index in [0.29, 0.717) is 16.9 Å². The first kappa shape index (κ1) is 19.2. The molecule has 3 aromatic rings. The van der Waals surface area contributed by atoms with E-state index in [-0.39, 0.29) is 5.57 Å². The van der Waals surface area contributed by atoms with Crippen LogP contribution in [0.5, 0.6) is 5.75 Å². The summed E-state index contributed by atoms with van der Waals surface area (Å²) in [6.45, 7) is 0. The molecule has 1 N–H and O–H groups in total. The SMILES string of the molecule is COC(=O)C(CC(=O)O)=C(c1ccc(OC)cc1)c1ccc2ccccc2c1. The number of hydrogen-bond donors (Lipinski definition) is 1. The zero-order valence-corrected chi connectivity index (χ0v) is 15.6. The van der Waals surface area contributed by atoms with Crippen molar-refractivity contribution >= 4 is 28.3 Å². The summed E-state index contributed by atoms with van der Waals surface area (Å²) < 4.78 is 10.1. The van der Waals surface area contributed by atoms with Crippen LogP contribution >= 0.6 is 0 Å². The summed E-state index contributed by atoms with van der Waals surface area (Å²) in [4.78, 5) is 23.9. The fraction of sp³-hybridized carbons (Fsp3) is 0.130. The van der Waals surface area contributed by atoms with Crippen LogP contribution in [0.25, 0.3) is 16.3 Å². The summed E-state index contributed by atoms with van der Waals surface area (Å²) in [5, 5.41) is 11.4. The van der Waals surface area contributed by atoms with Crippen LogP contribution in [0.15, 0.2) is 72.3 Å². The van der Waals surface area contributed by atoms with Crippen molar-refractivity contribution in [3.63, 3.8) is 0 Å². The predicted octanol–water partition coefficient (Wildman–Crippen LogP) is 4.30. The van der Waals surface area contributed by atoms with Gasteiger partial charge in [0.15, 0.2) is 0 Å². The lowest BCUT2D eigenvalue weighted by molar-refractivity contribution is -0.141. The van der Waals surface area contributed by atoms with Crippen LogP contribution in [0.1, 0.15) is 17.5 Å². The molecule has 0 aliphatic rings. The highest BCUT2D eigenvalue weighted by atomic mass is 16.5. The third-order valence-electron chi connectivity index (χ3n) is 4.48. The van der Waals surface area contributed by atoms with Crippen LogP contribution in [-0.4, -0.2) is 31.3 Å². The third-order valence-corrected chi connectivity index (χ3v) is 4.48. The van der Waals surface area contributed by atoms with Crippen molar-refractivity contribution in [2.24, 2.45) is 0 Å². The van der Waals surface area contributed by atoms with Gasteiger partial charge < -0.3 is 14.6 Å². The second-order valence-electron chi connectivity index (χ2n) is 6.21. The molecule has 5 heteroatoms. The van der Waals surface area contributed by atoms with Crippen molar-refractivity contribution in [3.05, 3.63) is 83.4 Å². The third kappa shape index (κ3) is 4.04. The quantitative estimate of drug-likeness (QED) is 0.513. The lowest BCUT2D eigenvalue weighted by Gasteiger charge is -2.15. The molecule has 142 valence electrons. The minimum atomic E-state index is -1.10. The van der Waals surface area contributed by atoms with Crippen LogP contribution in [0, 0.1) is 0 Å². The average molecular weight is 376 g/mol. The first-order valence-corrected chi connectivity index (χ1v) is 8.70. The van der Waals surface area contributed by atoms with Crippen LogP contribution in [0.3, 0.4) is 0 Å². The Morgan fingerprint density at radius 2 is 1.50 bits per heavy atom. The Bertz CT molecular complexity index is 1050. The first-order valence-electron chi connectivity index (χ1n) is 8.70. The van der Waals surface area contributed by atoms with Crippen LogP contribution in [-0.2, 0) is 14.3 Å². The second-order valence-corrected chi connectivity index (χ2v) is 6.21. The average Bonchev–Trinajstić information content (AvgIpc) is 2.72. The molecule has 0 fully saturated rings. The van der Waals surface area contributed by atoms with Gasteiger partial charge in [-0.2, -0.15) is 0 Å². The van der Waals surface area contributed by atoms with E-state index in [1.165, 1.54) is 7.11 Å². The Morgan fingerprint density at radius 1 is 0.857 bits per heavy atom. The molecule has 3 rings (SSSR count). The standard InChI is InChI=1S/C23H20O5/c1-27-19-11-9-16(10-12-19)22(20(14-21(24)25)23(26)28-2)18-8-7-15-5-3-4-6-17(15)13-18/h3-13H,14H2,1-2H3,(H,24,25). The zero-order chi connectivity index (χ0) is 20.1. The van der Waals surface area contributed by atoms with Gasteiger partial charge in [-0.3, -0.25) is 4.79 Å². The number of hydrogen-bond acceptors (Lipinski definition) is 4. The van der Waals surface area contributed by atoms with Gasteiger partial charge in [-0.25, -0.2) is 4.79 Å². The molecule has 0 atom stereocenters. The van der Waals surface area contributed by atoms with Crippen LogP contribution < -0.4 is 4.74 Å². The smallest absolute Gasteiger partial charge is 0.334 e. The molecule has 0 spiro atoms. The van der Waals surface area contributed by atoms with Gasteiger partial charge in [-0.15, -0.1) is 0 Å². The molecular weight excluding hydrogens is 356 g/mol. The minimum absolute atomic E-state index is 0.0930. The number of carboxylic acid groups (broad SMARTS) is 1. The number of esters is 1. The Kier molecular flexibility index (Phi) is 5.75. The Labute approximate surface area is 162 Å². The molecule has 0 aromatic heterocycles. The number of ether oxygens (including phenoxy) is 2. The number of methoxy groups -OCH3 is 2. The Hall–Kier alpha value is -3.60. The lowest BCUT2D eigenvalue weighted by atomic mass is 9.90. The summed E-state index contributed by atoms with van der Waals surface area (Å²) in [5.41, 5.74) is 2.07. The summed E-state index contributed by atoms with van der Waals surface area (Å²) in [6.07, 6.45) is -0.444. The van der Waals surface area contributed by atoms with Crippen molar-refractivity contribution in [1.29, 1.82) is 0 Å². The van der Waals surface area contributed by atoms with Gasteiger partial charge in [-0.05, 0) is 45.7 Å². The van der Waals surface area contributed by atoms with Gasteiger partial charge in [0.05, 0.1) is 26.2 Å². The molecule has 3 aromatic carbocycles. The van der Waals surface area contributed by atoms with Gasteiger partial charge in [0.25, 0.3) is 0 Å². The van der Waals surface area contributed by atoms with Crippen LogP contribution in [0.4, 0.5) is 0 Å². The maximum atomic E-state index is 12.5. The molecule has 0 bridgehead atoms. The number of carboxylic acids is 1. The number of aliphatic carboxylic acids is 1. The monoisotopic (exact) mass is 376 g/mol. The van der Waals surface area contributed by atoms with E-state index < -0.39 is 18.4 Å². The zero-order valence-electron chi connectivity index (χ0n) is 15.6. The highest BCUT2D eigenvalue weighted by molar-refractivity contribution is 6.05. The number of fused-ring (bicyclic) bond motifs is 1. The van der Waals surface area contributed by atoms with E-state index in [0.717, 1.165) is 16.3 Å². The topological polar surface area (TPSA) is 72.8 Å². The van der Waals surface area contributed by atoms with Gasteiger partial charge >= 0.3 is 11.9 Å². The van der Waals surface area contributed by atoms with E-state index in [4.69, 9.17) is 9.47 Å². The lowest BCUT2D eigenvalue weighted by Crippen LogP contribution is -2.12. The molecule has 0 radical (unpaired) electrons. The normalized spacial score (nSPS) is 11.6. The maximum Gasteiger partial charge on any atom is 0.334 e. The number of rotatable bonds is 6. The summed E-state index contributed by atoms with van der Waals surface area (Å²) in [6, 6.07) is 20.8. The molecule has 0 amide bonds. The van der Waals surface area contributed by atoms with E-state index in [9.17, 15) is 14.7 Å². The molecule has 0 heterocycles. The largest absolute Gasteiger partial charge is 0.497 e. The van der Waals surface area contributed by atoms with Crippen LogP contribution in [0.2, 0.25) is 0 Å².